The van der Waals surface area contributed by atoms with E-state index in [9.17, 15) is 4.79 Å². The van der Waals surface area contributed by atoms with Gasteiger partial charge in [0.05, 0.1) is 6.10 Å². The van der Waals surface area contributed by atoms with E-state index in [0.717, 1.165) is 30.7 Å². The van der Waals surface area contributed by atoms with Crippen LogP contribution in [0.1, 0.15) is 36.5 Å². The molecular formula is C20H26N4O2. The summed E-state index contributed by atoms with van der Waals surface area (Å²) in [6.45, 7) is 4.11. The summed E-state index contributed by atoms with van der Waals surface area (Å²) < 4.78 is 5.80. The van der Waals surface area contributed by atoms with Gasteiger partial charge >= 0.3 is 0 Å². The molecule has 26 heavy (non-hydrogen) atoms. The van der Waals surface area contributed by atoms with Crippen LogP contribution in [-0.2, 0) is 4.74 Å². The molecule has 1 aromatic heterocycles. The largest absolute Gasteiger partial charge is 0.376 e. The molecule has 0 aliphatic carbocycles. The van der Waals surface area contributed by atoms with Gasteiger partial charge in [0, 0.05) is 50.3 Å². The SMILES string of the molecule is CCN(C[C@@H]1CCCCO1)C(=O)c1cccc(-c2nccnc2NC)c1. The van der Waals surface area contributed by atoms with Gasteiger partial charge in [-0.1, -0.05) is 12.1 Å². The number of benzene rings is 1. The smallest absolute Gasteiger partial charge is 0.253 e. The summed E-state index contributed by atoms with van der Waals surface area (Å²) in [4.78, 5) is 23.6. The third-order valence-corrected chi connectivity index (χ3v) is 4.68. The number of likely N-dealkylation sites (N-methyl/N-ethyl adjacent to an activating group) is 1. The fraction of sp³-hybridized carbons (Fsp3) is 0.450. The Hall–Kier alpha value is -2.47. The molecule has 6 nitrogen and oxygen atoms in total. The van der Waals surface area contributed by atoms with Crippen LogP contribution in [0.15, 0.2) is 36.7 Å². The van der Waals surface area contributed by atoms with E-state index in [1.165, 1.54) is 6.42 Å². The van der Waals surface area contributed by atoms with E-state index < -0.39 is 0 Å². The van der Waals surface area contributed by atoms with Crippen molar-refractivity contribution in [2.75, 3.05) is 32.1 Å². The fourth-order valence-electron chi connectivity index (χ4n) is 3.27. The van der Waals surface area contributed by atoms with Crippen molar-refractivity contribution in [2.24, 2.45) is 0 Å². The lowest BCUT2D eigenvalue weighted by Gasteiger charge is -2.29. The van der Waals surface area contributed by atoms with Crippen LogP contribution >= 0.6 is 0 Å². The van der Waals surface area contributed by atoms with Gasteiger partial charge in [-0.3, -0.25) is 9.78 Å². The molecule has 0 bridgehead atoms. The summed E-state index contributed by atoms with van der Waals surface area (Å²) in [5.41, 5.74) is 2.27. The van der Waals surface area contributed by atoms with Gasteiger partial charge in [-0.15, -0.1) is 0 Å². The Kier molecular flexibility index (Phi) is 6.17. The zero-order chi connectivity index (χ0) is 18.4. The summed E-state index contributed by atoms with van der Waals surface area (Å²) in [6.07, 6.45) is 6.76. The molecule has 1 saturated heterocycles. The highest BCUT2D eigenvalue weighted by Crippen LogP contribution is 2.24. The van der Waals surface area contributed by atoms with E-state index in [-0.39, 0.29) is 12.0 Å². The number of ether oxygens (including phenoxy) is 1. The summed E-state index contributed by atoms with van der Waals surface area (Å²) >= 11 is 0. The maximum Gasteiger partial charge on any atom is 0.253 e. The number of nitrogens with zero attached hydrogens (tertiary/aromatic N) is 3. The van der Waals surface area contributed by atoms with E-state index in [1.807, 2.05) is 43.1 Å². The standard InChI is InChI=1S/C20H26N4O2/c1-3-24(14-17-9-4-5-12-26-17)20(25)16-8-6-7-15(13-16)18-19(21-2)23-11-10-22-18/h6-8,10-11,13,17H,3-5,9,12,14H2,1-2H3,(H,21,23)/t17-/m0/s1. The number of anilines is 1. The summed E-state index contributed by atoms with van der Waals surface area (Å²) in [5, 5.41) is 3.05. The van der Waals surface area contributed by atoms with Crippen molar-refractivity contribution < 1.29 is 9.53 Å². The molecule has 1 atom stereocenters. The molecule has 1 aromatic carbocycles. The van der Waals surface area contributed by atoms with E-state index >= 15 is 0 Å². The van der Waals surface area contributed by atoms with Gasteiger partial charge in [0.2, 0.25) is 0 Å². The molecule has 0 spiro atoms. The number of nitrogens with one attached hydrogen (secondary N) is 1. The molecule has 1 aliphatic heterocycles. The van der Waals surface area contributed by atoms with Crippen LogP contribution in [0.25, 0.3) is 11.3 Å². The Balaban J connectivity index is 1.80. The number of amides is 1. The zero-order valence-electron chi connectivity index (χ0n) is 15.4. The van der Waals surface area contributed by atoms with Crippen LogP contribution in [-0.4, -0.2) is 53.6 Å². The van der Waals surface area contributed by atoms with Crippen LogP contribution in [0.4, 0.5) is 5.82 Å². The van der Waals surface area contributed by atoms with E-state index in [0.29, 0.717) is 24.5 Å². The van der Waals surface area contributed by atoms with Crippen molar-refractivity contribution in [1.82, 2.24) is 14.9 Å². The predicted octanol–water partition coefficient (Wildman–Crippen LogP) is 3.22. The van der Waals surface area contributed by atoms with E-state index in [4.69, 9.17) is 4.74 Å². The van der Waals surface area contributed by atoms with Crippen LogP contribution in [0.5, 0.6) is 0 Å². The van der Waals surface area contributed by atoms with Gasteiger partial charge in [-0.25, -0.2) is 4.98 Å². The number of carbonyl (C=O) groups excluding carboxylic acids is 1. The van der Waals surface area contributed by atoms with Crippen molar-refractivity contribution in [3.63, 3.8) is 0 Å². The Morgan fingerprint density at radius 3 is 2.88 bits per heavy atom. The van der Waals surface area contributed by atoms with Crippen LogP contribution in [0.3, 0.4) is 0 Å². The summed E-state index contributed by atoms with van der Waals surface area (Å²) in [6, 6.07) is 7.58. The fourth-order valence-corrected chi connectivity index (χ4v) is 3.27. The molecule has 1 N–H and O–H groups in total. The van der Waals surface area contributed by atoms with Gasteiger partial charge in [-0.05, 0) is 38.3 Å². The van der Waals surface area contributed by atoms with Gasteiger partial charge in [0.1, 0.15) is 5.69 Å². The minimum atomic E-state index is 0.0263. The Bertz CT molecular complexity index is 744. The lowest BCUT2D eigenvalue weighted by molar-refractivity contribution is -0.00311. The molecule has 0 radical (unpaired) electrons. The Morgan fingerprint density at radius 1 is 1.31 bits per heavy atom. The lowest BCUT2D eigenvalue weighted by Crippen LogP contribution is -2.39. The number of aromatic nitrogens is 2. The second-order valence-electron chi connectivity index (χ2n) is 6.42. The molecule has 6 heteroatoms. The average molecular weight is 354 g/mol. The van der Waals surface area contributed by atoms with Crippen molar-refractivity contribution in [3.8, 4) is 11.3 Å². The number of carbonyl (C=O) groups is 1. The first-order valence-corrected chi connectivity index (χ1v) is 9.23. The third-order valence-electron chi connectivity index (χ3n) is 4.68. The van der Waals surface area contributed by atoms with Crippen LogP contribution < -0.4 is 5.32 Å². The molecule has 2 heterocycles. The maximum atomic E-state index is 13.0. The highest BCUT2D eigenvalue weighted by atomic mass is 16.5. The quantitative estimate of drug-likeness (QED) is 0.863. The van der Waals surface area contributed by atoms with Gasteiger partial charge in [-0.2, -0.15) is 0 Å². The first-order valence-electron chi connectivity index (χ1n) is 9.23. The minimum absolute atomic E-state index is 0.0263. The predicted molar refractivity (Wildman–Crippen MR) is 102 cm³/mol. The maximum absolute atomic E-state index is 13.0. The molecule has 2 aromatic rings. The first-order chi connectivity index (χ1) is 12.7. The monoisotopic (exact) mass is 354 g/mol. The highest BCUT2D eigenvalue weighted by Gasteiger charge is 2.22. The average Bonchev–Trinajstić information content (AvgIpc) is 2.72. The normalized spacial score (nSPS) is 16.9. The molecular weight excluding hydrogens is 328 g/mol. The number of hydrogen-bond donors (Lipinski definition) is 1. The molecule has 138 valence electrons. The van der Waals surface area contributed by atoms with Crippen LogP contribution in [0.2, 0.25) is 0 Å². The molecule has 3 rings (SSSR count). The van der Waals surface area contributed by atoms with Crippen molar-refractivity contribution >= 4 is 11.7 Å². The number of rotatable bonds is 6. The zero-order valence-corrected chi connectivity index (χ0v) is 15.4. The van der Waals surface area contributed by atoms with Gasteiger partial charge in [0.15, 0.2) is 5.82 Å². The van der Waals surface area contributed by atoms with Crippen molar-refractivity contribution in [2.45, 2.75) is 32.3 Å². The van der Waals surface area contributed by atoms with Crippen molar-refractivity contribution in [3.05, 3.63) is 42.2 Å². The number of hydrogen-bond acceptors (Lipinski definition) is 5. The summed E-state index contributed by atoms with van der Waals surface area (Å²) in [7, 11) is 1.81. The van der Waals surface area contributed by atoms with Gasteiger partial charge in [0.25, 0.3) is 5.91 Å². The van der Waals surface area contributed by atoms with E-state index in [1.54, 1.807) is 12.4 Å². The molecule has 1 aliphatic rings. The molecule has 1 fully saturated rings. The van der Waals surface area contributed by atoms with Gasteiger partial charge < -0.3 is 15.0 Å². The van der Waals surface area contributed by atoms with Crippen molar-refractivity contribution in [1.29, 1.82) is 0 Å². The molecule has 0 unspecified atom stereocenters. The lowest BCUT2D eigenvalue weighted by atomic mass is 10.1. The third kappa shape index (κ3) is 4.19. The van der Waals surface area contributed by atoms with E-state index in [2.05, 4.69) is 15.3 Å². The Labute approximate surface area is 154 Å². The summed E-state index contributed by atoms with van der Waals surface area (Å²) in [5.74, 6) is 0.721. The van der Waals surface area contributed by atoms with Crippen LogP contribution in [0, 0.1) is 0 Å². The second kappa shape index (κ2) is 8.76. The first kappa shape index (κ1) is 18.3. The highest BCUT2D eigenvalue weighted by molar-refractivity contribution is 5.95. The molecule has 1 amide bonds. The topological polar surface area (TPSA) is 67.3 Å². The minimum Gasteiger partial charge on any atom is -0.376 e. The Morgan fingerprint density at radius 2 is 2.15 bits per heavy atom. The molecule has 0 saturated carbocycles. The second-order valence-corrected chi connectivity index (χ2v) is 6.42.